The third-order valence-corrected chi connectivity index (χ3v) is 16.0. The van der Waals surface area contributed by atoms with Gasteiger partial charge in [-0.1, -0.05) is 173 Å². The van der Waals surface area contributed by atoms with Crippen molar-refractivity contribution in [1.82, 2.24) is 0 Å². The molecule has 2 aliphatic rings. The molecule has 0 saturated carbocycles. The van der Waals surface area contributed by atoms with Crippen molar-refractivity contribution in [2.24, 2.45) is 0 Å². The van der Waals surface area contributed by atoms with Crippen LogP contribution in [0, 0.1) is 0 Å². The number of hydrogen-bond acceptors (Lipinski definition) is 3. The van der Waals surface area contributed by atoms with Crippen LogP contribution < -0.4 is 4.90 Å². The molecule has 3 nitrogen and oxygen atoms in total. The van der Waals surface area contributed by atoms with Crippen LogP contribution in [0.4, 0.5) is 17.1 Å². The van der Waals surface area contributed by atoms with Gasteiger partial charge in [0.2, 0.25) is 0 Å². The molecule has 15 rings (SSSR count). The molecule has 0 unspecified atom stereocenters. The summed E-state index contributed by atoms with van der Waals surface area (Å²) < 4.78 is 13.9. The van der Waals surface area contributed by atoms with Crippen LogP contribution in [0.1, 0.15) is 49.9 Å². The molecule has 0 aliphatic heterocycles. The normalized spacial score (nSPS) is 14.3. The summed E-state index contributed by atoms with van der Waals surface area (Å²) in [6.45, 7) is 9.48. The maximum Gasteiger partial charge on any atom is 0.160 e. The minimum Gasteiger partial charge on any atom is -0.456 e. The van der Waals surface area contributed by atoms with Crippen LogP contribution >= 0.6 is 0 Å². The molecule has 2 aliphatic carbocycles. The quantitative estimate of drug-likeness (QED) is 0.165. The molecule has 0 radical (unpaired) electrons. The van der Waals surface area contributed by atoms with Gasteiger partial charge in [-0.2, -0.15) is 0 Å². The largest absolute Gasteiger partial charge is 0.456 e. The number of nitrogens with zero attached hydrogens (tertiary/aromatic N) is 1. The smallest absolute Gasteiger partial charge is 0.160 e. The van der Waals surface area contributed by atoms with Crippen LogP contribution in [-0.4, -0.2) is 0 Å². The Morgan fingerprint density at radius 2 is 0.768 bits per heavy atom. The summed E-state index contributed by atoms with van der Waals surface area (Å²) >= 11 is 0. The van der Waals surface area contributed by atoms with E-state index in [0.29, 0.717) is 0 Å². The zero-order valence-corrected chi connectivity index (χ0v) is 38.8. The number of benzene rings is 11. The lowest BCUT2D eigenvalue weighted by Crippen LogP contribution is -2.18. The average molecular weight is 884 g/mol. The molecule has 0 N–H and O–H groups in total. The Morgan fingerprint density at radius 3 is 1.38 bits per heavy atom. The van der Waals surface area contributed by atoms with Crippen molar-refractivity contribution in [3.63, 3.8) is 0 Å². The fourth-order valence-electron chi connectivity index (χ4n) is 12.7. The zero-order valence-electron chi connectivity index (χ0n) is 38.8. The van der Waals surface area contributed by atoms with Gasteiger partial charge >= 0.3 is 0 Å². The highest BCUT2D eigenvalue weighted by Gasteiger charge is 2.38. The Bertz CT molecular complexity index is 4250. The van der Waals surface area contributed by atoms with Crippen LogP contribution in [0.5, 0.6) is 0 Å². The zero-order chi connectivity index (χ0) is 45.9. The van der Waals surface area contributed by atoms with Gasteiger partial charge in [-0.15, -0.1) is 0 Å². The summed E-state index contributed by atoms with van der Waals surface area (Å²) in [4.78, 5) is 2.51. The highest BCUT2D eigenvalue weighted by Crippen LogP contribution is 2.56. The molecular weight excluding hydrogens is 839 g/mol. The van der Waals surface area contributed by atoms with Gasteiger partial charge in [-0.3, -0.25) is 0 Å². The highest BCUT2D eigenvalue weighted by molar-refractivity contribution is 6.29. The fraction of sp³-hybridized carbons (Fsp3) is 0.0909. The monoisotopic (exact) mass is 883 g/mol. The van der Waals surface area contributed by atoms with E-state index in [2.05, 4.69) is 227 Å². The second-order valence-corrected chi connectivity index (χ2v) is 20.3. The molecule has 0 spiro atoms. The molecule has 0 atom stereocenters. The van der Waals surface area contributed by atoms with E-state index in [-0.39, 0.29) is 10.8 Å². The summed E-state index contributed by atoms with van der Waals surface area (Å²) in [7, 11) is 0. The standard InChI is InChI=1S/C66H45NO2/c1-65(2)54-22-12-9-19-47(54)49-29-26-39(36-56(49)65)67(40-27-30-50-48-20-10-13-23-55(48)66(3,4)57(50)37-40)63-41(38-25-28-46-44-17-6-5-15-42(44)43-16-7-8-18-45(43)53(46)35-38)31-32-52-62-60(69-64(52)63)34-33-59-61(62)51-21-11-14-24-58(51)68-59/h5-37H,1-4H3. The summed E-state index contributed by atoms with van der Waals surface area (Å²) in [6, 6.07) is 74.0. The lowest BCUT2D eigenvalue weighted by atomic mass is 9.82. The first-order valence-electron chi connectivity index (χ1n) is 24.2. The van der Waals surface area contributed by atoms with Gasteiger partial charge in [0.15, 0.2) is 5.58 Å². The van der Waals surface area contributed by atoms with Gasteiger partial charge in [0.05, 0.1) is 5.69 Å². The average Bonchev–Trinajstić information content (AvgIpc) is 4.09. The fourth-order valence-corrected chi connectivity index (χ4v) is 12.7. The Morgan fingerprint density at radius 1 is 0.319 bits per heavy atom. The van der Waals surface area contributed by atoms with Crippen LogP contribution in [0.3, 0.4) is 0 Å². The van der Waals surface area contributed by atoms with Crippen molar-refractivity contribution < 1.29 is 8.83 Å². The van der Waals surface area contributed by atoms with Gasteiger partial charge in [-0.25, -0.2) is 0 Å². The van der Waals surface area contributed by atoms with E-state index in [0.717, 1.165) is 72.1 Å². The van der Waals surface area contributed by atoms with Crippen molar-refractivity contribution in [1.29, 1.82) is 0 Å². The van der Waals surface area contributed by atoms with Gasteiger partial charge in [0.25, 0.3) is 0 Å². The lowest BCUT2D eigenvalue weighted by molar-refractivity contribution is 0.659. The molecule has 69 heavy (non-hydrogen) atoms. The van der Waals surface area contributed by atoms with Gasteiger partial charge < -0.3 is 13.7 Å². The molecule has 0 saturated heterocycles. The first-order valence-corrected chi connectivity index (χ1v) is 24.2. The number of furan rings is 2. The molecule has 2 aromatic heterocycles. The summed E-state index contributed by atoms with van der Waals surface area (Å²) in [5, 5.41) is 11.8. The van der Waals surface area contributed by atoms with E-state index in [4.69, 9.17) is 8.83 Å². The molecular formula is C66H45NO2. The Hall–Kier alpha value is -8.40. The minimum absolute atomic E-state index is 0.209. The molecule has 0 fully saturated rings. The van der Waals surface area contributed by atoms with Crippen LogP contribution in [0.25, 0.3) is 110 Å². The van der Waals surface area contributed by atoms with E-state index in [1.807, 2.05) is 6.07 Å². The third kappa shape index (κ3) is 5.17. The molecule has 0 amide bonds. The predicted molar refractivity (Wildman–Crippen MR) is 289 cm³/mol. The number of rotatable bonds is 4. The topological polar surface area (TPSA) is 29.5 Å². The highest BCUT2D eigenvalue weighted by atomic mass is 16.3. The minimum atomic E-state index is -0.209. The molecule has 3 heteroatoms. The van der Waals surface area contributed by atoms with Gasteiger partial charge in [0.1, 0.15) is 16.7 Å². The molecule has 11 aromatic carbocycles. The third-order valence-electron chi connectivity index (χ3n) is 16.0. The SMILES string of the molecule is CC1(C)c2ccccc2-c2ccc(N(c3ccc4c(c3)C(C)(C)c3ccccc3-4)c3c(-c4ccc5c6ccccc6c6ccccc6c5c4)ccc4c3oc3ccc5oc6ccccc6c5c34)cc21. The van der Waals surface area contributed by atoms with Gasteiger partial charge in [0, 0.05) is 49.3 Å². The van der Waals surface area contributed by atoms with Crippen molar-refractivity contribution in [2.75, 3.05) is 4.90 Å². The predicted octanol–water partition coefficient (Wildman–Crippen LogP) is 18.7. The van der Waals surface area contributed by atoms with Crippen molar-refractivity contribution in [2.45, 2.75) is 38.5 Å². The van der Waals surface area contributed by atoms with E-state index in [1.165, 1.54) is 76.8 Å². The lowest BCUT2D eigenvalue weighted by Gasteiger charge is -2.31. The maximum atomic E-state index is 7.40. The number of hydrogen-bond donors (Lipinski definition) is 0. The number of fused-ring (bicyclic) bond motifs is 19. The van der Waals surface area contributed by atoms with Crippen LogP contribution in [0.15, 0.2) is 209 Å². The van der Waals surface area contributed by atoms with E-state index in [1.54, 1.807) is 0 Å². The van der Waals surface area contributed by atoms with Gasteiger partial charge in [-0.05, 0) is 137 Å². The Balaban J connectivity index is 1.08. The second-order valence-electron chi connectivity index (χ2n) is 20.3. The van der Waals surface area contributed by atoms with E-state index >= 15 is 0 Å². The molecule has 2 heterocycles. The first kappa shape index (κ1) is 38.7. The number of anilines is 3. The van der Waals surface area contributed by atoms with E-state index < -0.39 is 0 Å². The first-order chi connectivity index (χ1) is 33.7. The molecule has 326 valence electrons. The van der Waals surface area contributed by atoms with Crippen LogP contribution in [0.2, 0.25) is 0 Å². The van der Waals surface area contributed by atoms with Crippen molar-refractivity contribution in [3.8, 4) is 33.4 Å². The van der Waals surface area contributed by atoms with E-state index in [9.17, 15) is 0 Å². The van der Waals surface area contributed by atoms with Crippen molar-refractivity contribution >= 4 is 93.3 Å². The summed E-state index contributed by atoms with van der Waals surface area (Å²) in [5.41, 5.74) is 18.8. The second kappa shape index (κ2) is 13.6. The number of para-hydroxylation sites is 1. The summed E-state index contributed by atoms with van der Waals surface area (Å²) in [6.07, 6.45) is 0. The molecule has 0 bridgehead atoms. The van der Waals surface area contributed by atoms with Crippen molar-refractivity contribution in [3.05, 3.63) is 222 Å². The summed E-state index contributed by atoms with van der Waals surface area (Å²) in [5.74, 6) is 0. The maximum absolute atomic E-state index is 7.40. The Kier molecular flexibility index (Phi) is 7.63. The van der Waals surface area contributed by atoms with Crippen LogP contribution in [-0.2, 0) is 10.8 Å². The molecule has 13 aromatic rings. The Labute approximate surface area is 399 Å².